The lowest BCUT2D eigenvalue weighted by atomic mass is 10.1. The fourth-order valence-electron chi connectivity index (χ4n) is 9.12. The van der Waals surface area contributed by atoms with Gasteiger partial charge >= 0.3 is 0 Å². The number of unbranched alkanes of at least 4 members (excludes halogenated alkanes) is 24. The van der Waals surface area contributed by atoms with Crippen LogP contribution in [-0.4, -0.2) is 85.5 Å². The standard InChI is InChI=1S/C58H106N6O2/c1-5-7-9-11-13-15-17-19-21-23-25-27-29-31-33-35-41-61(53-57(3)55-63-43-37-59-38-44-63)47-49-65-51-52-66-50-48-62(54-58(4)56-64-45-39-60-40-46-64)42-36-34-32-30-28-26-24-22-20-18-16-14-12-10-8-6-2/h19-22,37-40,43-46,57-58H,5-18,23-36,41-42,47-56H2,1-4H3/q+2/b21-19-,22-20-. The van der Waals surface area contributed by atoms with Crippen molar-refractivity contribution in [3.8, 4) is 0 Å². The third kappa shape index (κ3) is 38.4. The Labute approximate surface area is 408 Å². The van der Waals surface area contributed by atoms with Gasteiger partial charge in [0.2, 0.25) is 0 Å². The van der Waals surface area contributed by atoms with Gasteiger partial charge in [-0.3, -0.25) is 9.97 Å². The molecule has 2 heterocycles. The smallest absolute Gasteiger partial charge is 0.187 e. The van der Waals surface area contributed by atoms with Crippen LogP contribution in [-0.2, 0) is 22.6 Å². The Hall–Kier alpha value is -2.52. The van der Waals surface area contributed by atoms with Gasteiger partial charge in [0.05, 0.1) is 51.2 Å². The van der Waals surface area contributed by atoms with E-state index in [0.29, 0.717) is 25.0 Å². The molecule has 0 fully saturated rings. The minimum Gasteiger partial charge on any atom is -0.378 e. The Balaban J connectivity index is 1.64. The highest BCUT2D eigenvalue weighted by atomic mass is 16.5. The highest BCUT2D eigenvalue weighted by Gasteiger charge is 2.16. The fourth-order valence-corrected chi connectivity index (χ4v) is 9.12. The first-order valence-corrected chi connectivity index (χ1v) is 28.1. The number of hydrogen-bond acceptors (Lipinski definition) is 6. The van der Waals surface area contributed by atoms with E-state index in [0.717, 1.165) is 65.6 Å². The minimum absolute atomic E-state index is 0.556. The van der Waals surface area contributed by atoms with Crippen molar-refractivity contribution in [2.45, 2.75) is 221 Å². The zero-order valence-electron chi connectivity index (χ0n) is 43.9. The number of nitrogens with zero attached hydrogens (tertiary/aromatic N) is 6. The molecule has 378 valence electrons. The van der Waals surface area contributed by atoms with Crippen LogP contribution < -0.4 is 9.13 Å². The summed E-state index contributed by atoms with van der Waals surface area (Å²) in [5.74, 6) is 1.11. The van der Waals surface area contributed by atoms with Gasteiger partial charge in [-0.15, -0.1) is 0 Å². The second-order valence-electron chi connectivity index (χ2n) is 19.8. The summed E-state index contributed by atoms with van der Waals surface area (Å²) < 4.78 is 16.9. The fraction of sp³-hybridized carbons (Fsp3) is 0.793. The largest absolute Gasteiger partial charge is 0.378 e. The number of rotatable bonds is 49. The van der Waals surface area contributed by atoms with E-state index < -0.39 is 0 Å². The molecule has 0 saturated carbocycles. The number of ether oxygens (including phenoxy) is 2. The van der Waals surface area contributed by atoms with E-state index in [1.54, 1.807) is 0 Å². The maximum Gasteiger partial charge on any atom is 0.187 e. The predicted molar refractivity (Wildman–Crippen MR) is 281 cm³/mol. The summed E-state index contributed by atoms with van der Waals surface area (Å²) in [5.41, 5.74) is 0. The van der Waals surface area contributed by atoms with Crippen molar-refractivity contribution in [2.24, 2.45) is 11.8 Å². The molecule has 0 N–H and O–H groups in total. The van der Waals surface area contributed by atoms with Crippen LogP contribution in [0.25, 0.3) is 0 Å². The van der Waals surface area contributed by atoms with Gasteiger partial charge in [-0.25, -0.2) is 9.13 Å². The third-order valence-electron chi connectivity index (χ3n) is 13.0. The van der Waals surface area contributed by atoms with E-state index in [1.165, 1.54) is 180 Å². The van der Waals surface area contributed by atoms with Gasteiger partial charge in [-0.2, -0.15) is 0 Å². The van der Waals surface area contributed by atoms with Crippen molar-refractivity contribution in [1.82, 2.24) is 19.8 Å². The molecule has 8 nitrogen and oxygen atoms in total. The lowest BCUT2D eigenvalue weighted by Gasteiger charge is -2.25. The summed E-state index contributed by atoms with van der Waals surface area (Å²) in [5, 5.41) is 0. The minimum atomic E-state index is 0.556. The molecule has 2 atom stereocenters. The van der Waals surface area contributed by atoms with Gasteiger partial charge in [0.1, 0.15) is 0 Å². The van der Waals surface area contributed by atoms with Crippen molar-refractivity contribution in [1.29, 1.82) is 0 Å². The van der Waals surface area contributed by atoms with Gasteiger partial charge < -0.3 is 19.3 Å². The molecule has 8 heteroatoms. The van der Waals surface area contributed by atoms with Crippen LogP contribution in [0.15, 0.2) is 73.9 Å². The van der Waals surface area contributed by atoms with Crippen molar-refractivity contribution in [3.05, 3.63) is 73.9 Å². The maximum absolute atomic E-state index is 6.19. The zero-order valence-corrected chi connectivity index (χ0v) is 43.9. The molecule has 0 aromatic carbocycles. The van der Waals surface area contributed by atoms with Gasteiger partial charge in [0, 0.05) is 38.0 Å². The van der Waals surface area contributed by atoms with E-state index in [4.69, 9.17) is 9.47 Å². The summed E-state index contributed by atoms with van der Waals surface area (Å²) in [6, 6.07) is 0. The molecule has 2 rings (SSSR count). The van der Waals surface area contributed by atoms with Crippen LogP contribution in [0.3, 0.4) is 0 Å². The Morgan fingerprint density at radius 1 is 0.394 bits per heavy atom. The van der Waals surface area contributed by atoms with Crippen molar-refractivity contribution >= 4 is 0 Å². The summed E-state index contributed by atoms with van der Waals surface area (Å²) in [7, 11) is 0. The normalized spacial score (nSPS) is 13.0. The highest BCUT2D eigenvalue weighted by molar-refractivity contribution is 4.82. The lowest BCUT2D eigenvalue weighted by molar-refractivity contribution is -0.703. The van der Waals surface area contributed by atoms with Gasteiger partial charge in [-0.05, 0) is 77.3 Å². The molecule has 0 aliphatic heterocycles. The first-order valence-electron chi connectivity index (χ1n) is 28.1. The molecule has 0 bridgehead atoms. The van der Waals surface area contributed by atoms with Gasteiger partial charge in [0.15, 0.2) is 37.9 Å². The molecule has 0 radical (unpaired) electrons. The number of allylic oxidation sites excluding steroid dienone is 4. The molecule has 2 aromatic heterocycles. The van der Waals surface area contributed by atoms with Crippen LogP contribution in [0, 0.1) is 11.8 Å². The SMILES string of the molecule is CCCCCCCC/C=C\CCCCCCCCN(CCOCCOCCN(CCCCCCCC/C=C\CCCCCCCC)CC(C)C[n+]1ccncc1)CC(C)C[n+]1ccncc1. The molecule has 2 unspecified atom stereocenters. The first-order chi connectivity index (χ1) is 32.6. The molecule has 0 saturated heterocycles. The van der Waals surface area contributed by atoms with E-state index >= 15 is 0 Å². The average molecular weight is 920 g/mol. The summed E-state index contributed by atoms with van der Waals surface area (Å²) in [6.07, 6.45) is 63.3. The first kappa shape index (κ1) is 59.6. The van der Waals surface area contributed by atoms with E-state index in [2.05, 4.69) is 106 Å². The second-order valence-corrected chi connectivity index (χ2v) is 19.8. The van der Waals surface area contributed by atoms with E-state index in [9.17, 15) is 0 Å². The molecule has 0 aliphatic rings. The Morgan fingerprint density at radius 3 is 1.03 bits per heavy atom. The predicted octanol–water partition coefficient (Wildman–Crippen LogP) is 13.7. The van der Waals surface area contributed by atoms with Gasteiger partial charge in [0.25, 0.3) is 0 Å². The van der Waals surface area contributed by atoms with Crippen LogP contribution in [0.1, 0.15) is 207 Å². The lowest BCUT2D eigenvalue weighted by Crippen LogP contribution is -2.41. The van der Waals surface area contributed by atoms with Crippen molar-refractivity contribution in [3.63, 3.8) is 0 Å². The monoisotopic (exact) mass is 919 g/mol. The van der Waals surface area contributed by atoms with Crippen LogP contribution in [0.2, 0.25) is 0 Å². The highest BCUT2D eigenvalue weighted by Crippen LogP contribution is 2.13. The molecule has 66 heavy (non-hydrogen) atoms. The second kappa shape index (κ2) is 46.2. The molecule has 0 amide bonds. The molecular formula is C58H106N6O2+2. The van der Waals surface area contributed by atoms with Crippen LogP contribution in [0.4, 0.5) is 0 Å². The van der Waals surface area contributed by atoms with E-state index in [-0.39, 0.29) is 0 Å². The van der Waals surface area contributed by atoms with E-state index in [1.807, 2.05) is 24.8 Å². The average Bonchev–Trinajstić information content (AvgIpc) is 3.32. The summed E-state index contributed by atoms with van der Waals surface area (Å²) in [6.45, 7) is 20.6. The Kier molecular flexibility index (Phi) is 41.7. The van der Waals surface area contributed by atoms with Crippen LogP contribution in [0.5, 0.6) is 0 Å². The summed E-state index contributed by atoms with van der Waals surface area (Å²) >= 11 is 0. The topological polar surface area (TPSA) is 58.5 Å². The third-order valence-corrected chi connectivity index (χ3v) is 13.0. The number of aromatic nitrogens is 4. The molecule has 0 aliphatic carbocycles. The maximum atomic E-state index is 6.19. The molecular weight excluding hydrogens is 813 g/mol. The van der Waals surface area contributed by atoms with Crippen LogP contribution >= 0.6 is 0 Å². The molecule has 2 aromatic rings. The zero-order chi connectivity index (χ0) is 47.1. The Bertz CT molecular complexity index is 1230. The van der Waals surface area contributed by atoms with Crippen molar-refractivity contribution < 1.29 is 18.6 Å². The number of hydrogen-bond donors (Lipinski definition) is 0. The Morgan fingerprint density at radius 2 is 0.697 bits per heavy atom. The quantitative estimate of drug-likeness (QED) is 0.0374. The van der Waals surface area contributed by atoms with Crippen molar-refractivity contribution in [2.75, 3.05) is 65.7 Å². The molecule has 0 spiro atoms. The van der Waals surface area contributed by atoms with Gasteiger partial charge in [-0.1, -0.05) is 168 Å². The summed E-state index contributed by atoms with van der Waals surface area (Å²) in [4.78, 5) is 13.7.